The Kier molecular flexibility index (Phi) is 7.30. The summed E-state index contributed by atoms with van der Waals surface area (Å²) >= 11 is 0. The van der Waals surface area contributed by atoms with Crippen LogP contribution in [0, 0.1) is 0 Å². The predicted octanol–water partition coefficient (Wildman–Crippen LogP) is 2.08. The largest absolute Gasteiger partial charge is 0.444 e. The third-order valence-electron chi connectivity index (χ3n) is 2.57. The summed E-state index contributed by atoms with van der Waals surface area (Å²) in [6.07, 6.45) is 3.79. The number of ketones is 1. The maximum absolute atomic E-state index is 11.7. The summed E-state index contributed by atoms with van der Waals surface area (Å²) in [6.45, 7) is 10.6. The number of nitrogens with one attached hydrogen (secondary N) is 1. The Labute approximate surface area is 128 Å². The molecule has 124 valence electrons. The predicted molar refractivity (Wildman–Crippen MR) is 88.5 cm³/mol. The van der Waals surface area contributed by atoms with Gasteiger partial charge in [0.1, 0.15) is 5.60 Å². The van der Waals surface area contributed by atoms with E-state index in [2.05, 4.69) is 11.9 Å². The molecule has 1 atom stereocenters. The van der Waals surface area contributed by atoms with Crippen molar-refractivity contribution in [2.75, 3.05) is 18.3 Å². The lowest BCUT2D eigenvalue weighted by Gasteiger charge is -2.23. The molecule has 0 bridgehead atoms. The first-order chi connectivity index (χ1) is 9.30. The van der Waals surface area contributed by atoms with Gasteiger partial charge >= 0.3 is 6.09 Å². The summed E-state index contributed by atoms with van der Waals surface area (Å²) in [5.74, 6) is 0.328. The van der Waals surface area contributed by atoms with E-state index in [4.69, 9.17) is 4.74 Å². The van der Waals surface area contributed by atoms with Crippen molar-refractivity contribution in [1.82, 2.24) is 5.32 Å². The quantitative estimate of drug-likeness (QED) is 0.557. The highest BCUT2D eigenvalue weighted by Crippen LogP contribution is 2.12. The van der Waals surface area contributed by atoms with Gasteiger partial charge in [0, 0.05) is 5.75 Å². The van der Waals surface area contributed by atoms with Gasteiger partial charge in [-0.15, -0.1) is 9.93 Å². The van der Waals surface area contributed by atoms with Gasteiger partial charge in [0.25, 0.3) is 0 Å². The zero-order valence-corrected chi connectivity index (χ0v) is 14.9. The third-order valence-corrected chi connectivity index (χ3v) is 3.78. The molecule has 0 spiro atoms. The van der Waals surface area contributed by atoms with Crippen molar-refractivity contribution >= 4 is 21.8 Å². The number of amides is 1. The first-order valence-corrected chi connectivity index (χ1v) is 9.79. The Morgan fingerprint density at radius 2 is 1.81 bits per heavy atom. The summed E-state index contributed by atoms with van der Waals surface area (Å²) in [5, 5.41) is 2.57. The number of rotatable bonds is 7. The molecule has 5 nitrogen and oxygen atoms in total. The standard InChI is InChI=1S/C15H29NO4S/c1-11(10-21(6,7)19)8-9-13(12(2)17)16-14(18)20-15(3,4)5/h13,21H,1,8-10H2,2-7H3,(H,16,18)/t13-/m0/s1. The number of alkyl carbamates (subject to hydrolysis) is 1. The van der Waals surface area contributed by atoms with E-state index in [-0.39, 0.29) is 5.78 Å². The molecule has 1 amide bonds. The van der Waals surface area contributed by atoms with Crippen molar-refractivity contribution in [2.24, 2.45) is 0 Å². The zero-order valence-electron chi connectivity index (χ0n) is 14.0. The van der Waals surface area contributed by atoms with Crippen LogP contribution in [0.3, 0.4) is 0 Å². The summed E-state index contributed by atoms with van der Waals surface area (Å²) in [5.41, 5.74) is 0.229. The second kappa shape index (κ2) is 7.73. The van der Waals surface area contributed by atoms with Crippen molar-refractivity contribution in [1.29, 1.82) is 0 Å². The van der Waals surface area contributed by atoms with E-state index in [0.717, 1.165) is 5.57 Å². The second-order valence-electron chi connectivity index (χ2n) is 6.83. The first-order valence-electron chi connectivity index (χ1n) is 7.01. The van der Waals surface area contributed by atoms with Crippen molar-refractivity contribution < 1.29 is 18.5 Å². The number of carbonyl (C=O) groups excluding carboxylic acids is 2. The van der Waals surface area contributed by atoms with Crippen LogP contribution >= 0.6 is 0 Å². The fraction of sp³-hybridized carbons (Fsp3) is 0.733. The highest BCUT2D eigenvalue weighted by molar-refractivity contribution is 8.01. The summed E-state index contributed by atoms with van der Waals surface area (Å²) in [4.78, 5) is 23.3. The maximum Gasteiger partial charge on any atom is 0.408 e. The summed E-state index contributed by atoms with van der Waals surface area (Å²) in [7, 11) is -2.16. The van der Waals surface area contributed by atoms with Gasteiger partial charge in [-0.2, -0.15) is 0 Å². The van der Waals surface area contributed by atoms with Crippen LogP contribution in [0.2, 0.25) is 0 Å². The molecular weight excluding hydrogens is 290 g/mol. The van der Waals surface area contributed by atoms with Crippen LogP contribution < -0.4 is 5.32 Å². The molecule has 0 aromatic heterocycles. The number of ether oxygens (including phenoxy) is 1. The number of hydrogen-bond acceptors (Lipinski definition) is 4. The smallest absolute Gasteiger partial charge is 0.408 e. The lowest BCUT2D eigenvalue weighted by molar-refractivity contribution is -0.119. The molecule has 6 heteroatoms. The van der Waals surface area contributed by atoms with Crippen LogP contribution in [0.15, 0.2) is 12.2 Å². The fourth-order valence-electron chi connectivity index (χ4n) is 1.79. The molecule has 21 heavy (non-hydrogen) atoms. The second-order valence-corrected chi connectivity index (χ2v) is 10.3. The molecule has 0 saturated carbocycles. The molecule has 0 aromatic rings. The average molecular weight is 319 g/mol. The van der Waals surface area contributed by atoms with Crippen molar-refractivity contribution in [3.05, 3.63) is 12.2 Å². The molecule has 0 saturated heterocycles. The lowest BCUT2D eigenvalue weighted by Crippen LogP contribution is -2.42. The van der Waals surface area contributed by atoms with Crippen LogP contribution in [0.1, 0.15) is 40.5 Å². The summed E-state index contributed by atoms with van der Waals surface area (Å²) < 4.78 is 16.9. The molecule has 0 aliphatic rings. The van der Waals surface area contributed by atoms with E-state index in [1.54, 1.807) is 33.3 Å². The van der Waals surface area contributed by atoms with Crippen LogP contribution in [0.5, 0.6) is 0 Å². The molecule has 0 rings (SSSR count). The number of hydrogen-bond donors (Lipinski definition) is 2. The van der Waals surface area contributed by atoms with Gasteiger partial charge in [0.2, 0.25) is 0 Å². The minimum atomic E-state index is -2.16. The first kappa shape index (κ1) is 19.8. The van der Waals surface area contributed by atoms with Crippen molar-refractivity contribution in [2.45, 2.75) is 52.2 Å². The summed E-state index contributed by atoms with van der Waals surface area (Å²) in [6, 6.07) is -0.607. The average Bonchev–Trinajstić information content (AvgIpc) is 2.18. The van der Waals surface area contributed by atoms with E-state index in [0.29, 0.717) is 18.6 Å². The number of thiol groups is 1. The maximum atomic E-state index is 11.7. The van der Waals surface area contributed by atoms with Gasteiger partial charge in [-0.3, -0.25) is 9.00 Å². The normalized spacial score (nSPS) is 14.2. The van der Waals surface area contributed by atoms with E-state index >= 15 is 0 Å². The van der Waals surface area contributed by atoms with Gasteiger partial charge in [0.15, 0.2) is 5.78 Å². The van der Waals surface area contributed by atoms with Gasteiger partial charge in [0.05, 0.1) is 6.04 Å². The van der Waals surface area contributed by atoms with Gasteiger partial charge in [-0.05, 0) is 53.0 Å². The van der Waals surface area contributed by atoms with E-state index in [9.17, 15) is 13.8 Å². The lowest BCUT2D eigenvalue weighted by atomic mass is 10.0. The van der Waals surface area contributed by atoms with Crippen molar-refractivity contribution in [3.63, 3.8) is 0 Å². The molecule has 0 heterocycles. The Bertz CT molecular complexity index is 445. The number of carbonyl (C=O) groups is 2. The topological polar surface area (TPSA) is 72.5 Å². The molecular formula is C15H29NO4S. The van der Waals surface area contributed by atoms with Gasteiger partial charge in [-0.1, -0.05) is 12.2 Å². The van der Waals surface area contributed by atoms with E-state index in [1.165, 1.54) is 6.92 Å². The van der Waals surface area contributed by atoms with Crippen LogP contribution in [-0.2, 0) is 19.5 Å². The molecule has 0 fully saturated rings. The zero-order chi connectivity index (χ0) is 16.8. The van der Waals surface area contributed by atoms with Crippen LogP contribution in [0.25, 0.3) is 0 Å². The Hall–Kier alpha value is -1.17. The highest BCUT2D eigenvalue weighted by Gasteiger charge is 2.22. The minimum Gasteiger partial charge on any atom is -0.444 e. The van der Waals surface area contributed by atoms with Gasteiger partial charge < -0.3 is 10.1 Å². The molecule has 0 radical (unpaired) electrons. The molecule has 0 aliphatic carbocycles. The SMILES string of the molecule is C=C(CC[C@H](NC(=O)OC(C)(C)C)C(C)=O)C[SH](C)(C)=O. The molecule has 0 aromatic carbocycles. The monoisotopic (exact) mass is 319 g/mol. The van der Waals surface area contributed by atoms with Crippen LogP contribution in [-0.4, -0.2) is 46.0 Å². The Morgan fingerprint density at radius 1 is 1.29 bits per heavy atom. The van der Waals surface area contributed by atoms with Crippen molar-refractivity contribution in [3.8, 4) is 0 Å². The van der Waals surface area contributed by atoms with Gasteiger partial charge in [-0.25, -0.2) is 4.79 Å². The molecule has 0 unspecified atom stereocenters. The van der Waals surface area contributed by atoms with Crippen LogP contribution in [0.4, 0.5) is 4.79 Å². The Morgan fingerprint density at radius 3 is 2.19 bits per heavy atom. The van der Waals surface area contributed by atoms with E-state index in [1.807, 2.05) is 0 Å². The minimum absolute atomic E-state index is 0.134. The van der Waals surface area contributed by atoms with E-state index < -0.39 is 27.7 Å². The Balaban J connectivity index is 4.45. The number of Topliss-reactive ketones (excluding diaryl/α,β-unsaturated/α-hetero) is 1. The molecule has 0 aliphatic heterocycles. The third kappa shape index (κ3) is 11.2. The fourth-order valence-corrected chi connectivity index (χ4v) is 3.03. The highest BCUT2D eigenvalue weighted by atomic mass is 32.2. The molecule has 1 N–H and O–H groups in total.